The van der Waals surface area contributed by atoms with Crippen molar-refractivity contribution < 1.29 is 0 Å². The summed E-state index contributed by atoms with van der Waals surface area (Å²) in [6, 6.07) is 70.3. The number of nitrogens with one attached hydrogen (secondary N) is 1. The average molecular weight is 784 g/mol. The van der Waals surface area contributed by atoms with Gasteiger partial charge in [-0.1, -0.05) is 200 Å². The molecule has 1 N–H and O–H groups in total. The minimum absolute atomic E-state index is 0.565. The third-order valence-corrected chi connectivity index (χ3v) is 13.5. The van der Waals surface area contributed by atoms with Gasteiger partial charge in [-0.25, -0.2) is 9.97 Å². The minimum Gasteiger partial charge on any atom is -0.381 e. The zero-order valence-electron chi connectivity index (χ0n) is 32.6. The SMILES string of the molecule is C1=Cc2c(-c3ccccc3)ccc(-c3cccc4c3-c3c(-c5cc(-c6ccccc6)nc(-c6ccccc6)n5)cccc3C43c4ccccc4Sc4ccccc43)c2NC1. The second-order valence-corrected chi connectivity index (χ2v) is 16.7. The number of fused-ring (bicyclic) bond motifs is 10. The number of aromatic nitrogens is 2. The van der Waals surface area contributed by atoms with Gasteiger partial charge in [-0.2, -0.15) is 0 Å². The van der Waals surface area contributed by atoms with E-state index in [1.807, 2.05) is 17.8 Å². The Balaban J connectivity index is 1.20. The molecule has 0 radical (unpaired) electrons. The van der Waals surface area contributed by atoms with E-state index in [9.17, 15) is 0 Å². The van der Waals surface area contributed by atoms with Crippen molar-refractivity contribution in [1.82, 2.24) is 9.97 Å². The molecule has 1 aromatic heterocycles. The molecule has 0 bridgehead atoms. The highest BCUT2D eigenvalue weighted by molar-refractivity contribution is 7.99. The number of hydrogen-bond donors (Lipinski definition) is 1. The molecule has 12 rings (SSSR count). The molecule has 9 aromatic rings. The molecule has 1 spiro atoms. The highest BCUT2D eigenvalue weighted by Gasteiger charge is 2.51. The Morgan fingerprint density at radius 2 is 0.967 bits per heavy atom. The van der Waals surface area contributed by atoms with Crippen molar-refractivity contribution in [1.29, 1.82) is 0 Å². The lowest BCUT2D eigenvalue weighted by Gasteiger charge is -2.39. The van der Waals surface area contributed by atoms with Gasteiger partial charge in [0, 0.05) is 44.2 Å². The van der Waals surface area contributed by atoms with Crippen LogP contribution in [0.15, 0.2) is 210 Å². The lowest BCUT2D eigenvalue weighted by Crippen LogP contribution is -2.31. The van der Waals surface area contributed by atoms with Gasteiger partial charge in [-0.15, -0.1) is 0 Å². The first-order valence-electron chi connectivity index (χ1n) is 20.5. The molecule has 3 heterocycles. The Labute approximate surface area is 354 Å². The van der Waals surface area contributed by atoms with Crippen molar-refractivity contribution >= 4 is 23.5 Å². The van der Waals surface area contributed by atoms with Gasteiger partial charge < -0.3 is 5.32 Å². The van der Waals surface area contributed by atoms with Gasteiger partial charge in [0.1, 0.15) is 0 Å². The Morgan fingerprint density at radius 1 is 0.433 bits per heavy atom. The third-order valence-electron chi connectivity index (χ3n) is 12.4. The molecule has 2 aliphatic heterocycles. The van der Waals surface area contributed by atoms with Gasteiger partial charge in [-0.05, 0) is 68.3 Å². The molecule has 4 heteroatoms. The summed E-state index contributed by atoms with van der Waals surface area (Å²) in [7, 11) is 0. The van der Waals surface area contributed by atoms with Crippen LogP contribution in [0.25, 0.3) is 73.4 Å². The summed E-state index contributed by atoms with van der Waals surface area (Å²) in [6.07, 6.45) is 4.53. The maximum atomic E-state index is 5.45. The van der Waals surface area contributed by atoms with Crippen molar-refractivity contribution in [2.75, 3.05) is 11.9 Å². The zero-order chi connectivity index (χ0) is 39.6. The van der Waals surface area contributed by atoms with E-state index in [-0.39, 0.29) is 0 Å². The molecule has 0 amide bonds. The smallest absolute Gasteiger partial charge is 0.160 e. The lowest BCUT2D eigenvalue weighted by molar-refractivity contribution is 0.722. The highest BCUT2D eigenvalue weighted by atomic mass is 32.2. The van der Waals surface area contributed by atoms with Crippen LogP contribution in [0.4, 0.5) is 5.69 Å². The molecular weight excluding hydrogens is 747 g/mol. The molecule has 0 saturated carbocycles. The fraction of sp³-hybridized carbons (Fsp3) is 0.0357. The fourth-order valence-corrected chi connectivity index (χ4v) is 11.1. The van der Waals surface area contributed by atoms with Gasteiger partial charge in [0.15, 0.2) is 5.82 Å². The van der Waals surface area contributed by atoms with Crippen molar-refractivity contribution in [3.8, 4) is 67.3 Å². The quantitative estimate of drug-likeness (QED) is 0.189. The Hall–Kier alpha value is -7.27. The van der Waals surface area contributed by atoms with E-state index in [1.165, 1.54) is 71.0 Å². The van der Waals surface area contributed by atoms with Crippen LogP contribution in [-0.2, 0) is 5.41 Å². The molecule has 1 aliphatic carbocycles. The Kier molecular flexibility index (Phi) is 8.07. The van der Waals surface area contributed by atoms with Gasteiger partial charge >= 0.3 is 0 Å². The lowest BCUT2D eigenvalue weighted by atomic mass is 9.67. The van der Waals surface area contributed by atoms with Crippen LogP contribution >= 0.6 is 11.8 Å². The zero-order valence-corrected chi connectivity index (χ0v) is 33.5. The molecular formula is C56H37N3S. The summed E-state index contributed by atoms with van der Waals surface area (Å²) in [6.45, 7) is 0.766. The minimum atomic E-state index is -0.565. The summed E-state index contributed by atoms with van der Waals surface area (Å²) in [5, 5.41) is 3.84. The van der Waals surface area contributed by atoms with Crippen molar-refractivity contribution in [3.63, 3.8) is 0 Å². The van der Waals surface area contributed by atoms with Crippen LogP contribution in [0, 0.1) is 0 Å². The van der Waals surface area contributed by atoms with Crippen LogP contribution in [0.1, 0.15) is 27.8 Å². The normalized spacial score (nSPS) is 13.7. The molecule has 0 atom stereocenters. The summed E-state index contributed by atoms with van der Waals surface area (Å²) in [5.41, 5.74) is 19.2. The maximum Gasteiger partial charge on any atom is 0.160 e. The van der Waals surface area contributed by atoms with E-state index < -0.39 is 5.41 Å². The van der Waals surface area contributed by atoms with Crippen molar-refractivity contribution in [2.45, 2.75) is 15.2 Å². The number of hydrogen-bond acceptors (Lipinski definition) is 4. The fourth-order valence-electron chi connectivity index (χ4n) is 9.90. The van der Waals surface area contributed by atoms with E-state index in [1.54, 1.807) is 0 Å². The summed E-state index contributed by atoms with van der Waals surface area (Å²) in [5.74, 6) is 0.706. The van der Waals surface area contributed by atoms with Gasteiger partial charge in [0.25, 0.3) is 0 Å². The summed E-state index contributed by atoms with van der Waals surface area (Å²) in [4.78, 5) is 13.2. The number of nitrogens with zero attached hydrogens (tertiary/aromatic N) is 2. The largest absolute Gasteiger partial charge is 0.381 e. The van der Waals surface area contributed by atoms with E-state index in [0.717, 1.165) is 40.3 Å². The van der Waals surface area contributed by atoms with Gasteiger partial charge in [0.05, 0.1) is 22.5 Å². The van der Waals surface area contributed by atoms with E-state index in [4.69, 9.17) is 9.97 Å². The monoisotopic (exact) mass is 783 g/mol. The molecule has 60 heavy (non-hydrogen) atoms. The number of anilines is 1. The van der Waals surface area contributed by atoms with E-state index in [2.05, 4.69) is 206 Å². The summed E-state index contributed by atoms with van der Waals surface area (Å²) >= 11 is 1.87. The second kappa shape index (κ2) is 13.9. The molecule has 0 fully saturated rings. The van der Waals surface area contributed by atoms with Gasteiger partial charge in [0.2, 0.25) is 0 Å². The number of rotatable bonds is 5. The molecule has 8 aromatic carbocycles. The standard InChI is InChI=1S/C56H37N3S/c1-4-17-36(18-5-1)39-32-33-42(54-41(39)25-16-34-57-54)40-23-14-28-46-52(40)53-43(49-35-48(37-19-6-2-7-20-37)58-55(59-49)38-21-8-3-9-22-38)24-15-29-47(53)56(46)44-26-10-12-30-50(44)60-51-31-13-11-27-45(51)56/h1-33,35,57H,34H2. The van der Waals surface area contributed by atoms with Crippen molar-refractivity contribution in [2.24, 2.45) is 0 Å². The maximum absolute atomic E-state index is 5.45. The molecule has 0 saturated heterocycles. The second-order valence-electron chi connectivity index (χ2n) is 15.6. The van der Waals surface area contributed by atoms with Crippen LogP contribution in [0.3, 0.4) is 0 Å². The van der Waals surface area contributed by atoms with Crippen LogP contribution < -0.4 is 5.32 Å². The first-order valence-corrected chi connectivity index (χ1v) is 21.4. The van der Waals surface area contributed by atoms with E-state index in [0.29, 0.717) is 5.82 Å². The molecule has 3 aliphatic rings. The topological polar surface area (TPSA) is 37.8 Å². The van der Waals surface area contributed by atoms with Crippen LogP contribution in [0.5, 0.6) is 0 Å². The highest BCUT2D eigenvalue weighted by Crippen LogP contribution is 2.65. The molecule has 282 valence electrons. The molecule has 0 unspecified atom stereocenters. The average Bonchev–Trinajstić information content (AvgIpc) is 3.63. The van der Waals surface area contributed by atoms with Crippen LogP contribution in [0.2, 0.25) is 0 Å². The third kappa shape index (κ3) is 5.24. The summed E-state index contributed by atoms with van der Waals surface area (Å²) < 4.78 is 0. The molecule has 3 nitrogen and oxygen atoms in total. The van der Waals surface area contributed by atoms with Crippen LogP contribution in [-0.4, -0.2) is 16.5 Å². The number of benzene rings is 8. The first-order chi connectivity index (χ1) is 29.8. The first kappa shape index (κ1) is 34.7. The predicted molar refractivity (Wildman–Crippen MR) is 248 cm³/mol. The van der Waals surface area contributed by atoms with E-state index >= 15 is 0 Å². The van der Waals surface area contributed by atoms with Gasteiger partial charge in [-0.3, -0.25) is 0 Å². The predicted octanol–water partition coefficient (Wildman–Crippen LogP) is 14.1. The Bertz CT molecular complexity index is 3070. The Morgan fingerprint density at radius 3 is 1.65 bits per heavy atom. The van der Waals surface area contributed by atoms with Crippen molar-refractivity contribution in [3.05, 3.63) is 228 Å².